The molecule has 136 valence electrons. The van der Waals surface area contributed by atoms with Crippen LogP contribution in [-0.2, 0) is 4.79 Å². The fourth-order valence-corrected chi connectivity index (χ4v) is 2.49. The number of carbonyl (C=O) groups is 3. The standard InChI is InChI=1S/C21H24N2O3/c1-21(2,3)22-18(24)14-23(4)20(26)17-12-10-16(11-13-17)19(25)15-8-6-5-7-9-15/h5-13H,14H2,1-4H3,(H,22,24). The minimum absolute atomic E-state index is 0.0270. The first-order chi connectivity index (χ1) is 12.2. The Morgan fingerprint density at radius 1 is 0.846 bits per heavy atom. The molecule has 2 aromatic rings. The second-order valence-electron chi connectivity index (χ2n) is 7.23. The number of likely N-dealkylation sites (N-methyl/N-ethyl adjacent to an activating group) is 1. The van der Waals surface area contributed by atoms with Crippen LogP contribution >= 0.6 is 0 Å². The van der Waals surface area contributed by atoms with E-state index >= 15 is 0 Å². The first-order valence-electron chi connectivity index (χ1n) is 8.44. The summed E-state index contributed by atoms with van der Waals surface area (Å²) in [7, 11) is 1.58. The number of carbonyl (C=O) groups excluding carboxylic acids is 3. The Bertz CT molecular complexity index is 790. The van der Waals surface area contributed by atoms with Crippen LogP contribution in [0.3, 0.4) is 0 Å². The van der Waals surface area contributed by atoms with Gasteiger partial charge in [-0.1, -0.05) is 42.5 Å². The molecule has 0 aliphatic rings. The molecule has 2 amide bonds. The van der Waals surface area contributed by atoms with Gasteiger partial charge in [-0.3, -0.25) is 14.4 Å². The van der Waals surface area contributed by atoms with Crippen molar-refractivity contribution in [3.8, 4) is 0 Å². The van der Waals surface area contributed by atoms with E-state index in [9.17, 15) is 14.4 Å². The summed E-state index contributed by atoms with van der Waals surface area (Å²) < 4.78 is 0. The molecule has 2 aromatic carbocycles. The number of nitrogens with zero attached hydrogens (tertiary/aromatic N) is 1. The molecule has 0 spiro atoms. The lowest BCUT2D eigenvalue weighted by Crippen LogP contribution is -2.46. The van der Waals surface area contributed by atoms with Crippen LogP contribution in [0.15, 0.2) is 54.6 Å². The molecule has 0 aromatic heterocycles. The van der Waals surface area contributed by atoms with E-state index in [-0.39, 0.29) is 29.7 Å². The molecule has 0 aliphatic carbocycles. The fraction of sp³-hybridized carbons (Fsp3) is 0.286. The Kier molecular flexibility index (Phi) is 5.93. The maximum absolute atomic E-state index is 12.5. The highest BCUT2D eigenvalue weighted by Gasteiger charge is 2.19. The third-order valence-corrected chi connectivity index (χ3v) is 3.67. The third-order valence-electron chi connectivity index (χ3n) is 3.67. The van der Waals surface area contributed by atoms with E-state index in [1.165, 1.54) is 4.90 Å². The van der Waals surface area contributed by atoms with Crippen LogP contribution in [0.2, 0.25) is 0 Å². The molecular weight excluding hydrogens is 328 g/mol. The van der Waals surface area contributed by atoms with Gasteiger partial charge >= 0.3 is 0 Å². The molecule has 0 fully saturated rings. The molecule has 0 saturated heterocycles. The SMILES string of the molecule is CN(CC(=O)NC(C)(C)C)C(=O)c1ccc(C(=O)c2ccccc2)cc1. The lowest BCUT2D eigenvalue weighted by Gasteiger charge is -2.23. The highest BCUT2D eigenvalue weighted by Crippen LogP contribution is 2.12. The Balaban J connectivity index is 2.04. The van der Waals surface area contributed by atoms with Gasteiger partial charge in [0.25, 0.3) is 5.91 Å². The number of hydrogen-bond donors (Lipinski definition) is 1. The van der Waals surface area contributed by atoms with Crippen LogP contribution in [0.5, 0.6) is 0 Å². The molecule has 5 nitrogen and oxygen atoms in total. The Morgan fingerprint density at radius 3 is 1.88 bits per heavy atom. The summed E-state index contributed by atoms with van der Waals surface area (Å²) in [6.45, 7) is 5.63. The number of nitrogens with one attached hydrogen (secondary N) is 1. The smallest absolute Gasteiger partial charge is 0.254 e. The minimum atomic E-state index is -0.347. The maximum Gasteiger partial charge on any atom is 0.254 e. The topological polar surface area (TPSA) is 66.5 Å². The summed E-state index contributed by atoms with van der Waals surface area (Å²) in [4.78, 5) is 38.2. The number of amides is 2. The van der Waals surface area contributed by atoms with E-state index in [2.05, 4.69) is 5.32 Å². The van der Waals surface area contributed by atoms with Crippen LogP contribution in [-0.4, -0.2) is 41.6 Å². The van der Waals surface area contributed by atoms with Gasteiger partial charge in [-0.2, -0.15) is 0 Å². The van der Waals surface area contributed by atoms with Crippen molar-refractivity contribution in [2.45, 2.75) is 26.3 Å². The van der Waals surface area contributed by atoms with Gasteiger partial charge in [0.1, 0.15) is 0 Å². The van der Waals surface area contributed by atoms with Gasteiger partial charge in [0.05, 0.1) is 6.54 Å². The zero-order chi connectivity index (χ0) is 19.3. The van der Waals surface area contributed by atoms with Crippen molar-refractivity contribution in [3.05, 3.63) is 71.3 Å². The summed E-state index contributed by atoms with van der Waals surface area (Å²) in [5.74, 6) is -0.584. The molecule has 1 N–H and O–H groups in total. The highest BCUT2D eigenvalue weighted by molar-refractivity contribution is 6.09. The van der Waals surface area contributed by atoms with Crippen LogP contribution < -0.4 is 5.32 Å². The normalized spacial score (nSPS) is 10.9. The van der Waals surface area contributed by atoms with Crippen molar-refractivity contribution in [1.29, 1.82) is 0 Å². The van der Waals surface area contributed by atoms with Crippen LogP contribution in [0.4, 0.5) is 0 Å². The number of benzene rings is 2. The van der Waals surface area contributed by atoms with Crippen molar-refractivity contribution in [3.63, 3.8) is 0 Å². The Labute approximate surface area is 154 Å². The van der Waals surface area contributed by atoms with Gasteiger partial charge in [0, 0.05) is 29.3 Å². The zero-order valence-electron chi connectivity index (χ0n) is 15.6. The van der Waals surface area contributed by atoms with E-state index in [1.54, 1.807) is 43.4 Å². The van der Waals surface area contributed by atoms with Gasteiger partial charge in [0.2, 0.25) is 5.91 Å². The number of rotatable bonds is 5. The molecule has 0 heterocycles. The molecule has 0 aliphatic heterocycles. The molecular formula is C21H24N2O3. The first-order valence-corrected chi connectivity index (χ1v) is 8.44. The van der Waals surface area contributed by atoms with Gasteiger partial charge in [-0.25, -0.2) is 0 Å². The minimum Gasteiger partial charge on any atom is -0.350 e. The average Bonchev–Trinajstić information content (AvgIpc) is 2.59. The van der Waals surface area contributed by atoms with Crippen molar-refractivity contribution in [1.82, 2.24) is 10.2 Å². The molecule has 0 atom stereocenters. The summed E-state index contributed by atoms with van der Waals surface area (Å²) in [5.41, 5.74) is 1.20. The average molecular weight is 352 g/mol. The van der Waals surface area contributed by atoms with Crippen molar-refractivity contribution in [2.24, 2.45) is 0 Å². The zero-order valence-corrected chi connectivity index (χ0v) is 15.6. The monoisotopic (exact) mass is 352 g/mol. The number of hydrogen-bond acceptors (Lipinski definition) is 3. The van der Waals surface area contributed by atoms with Crippen molar-refractivity contribution in [2.75, 3.05) is 13.6 Å². The predicted octanol–water partition coefficient (Wildman–Crippen LogP) is 2.90. The summed E-state index contributed by atoms with van der Waals surface area (Å²) in [6.07, 6.45) is 0. The summed E-state index contributed by atoms with van der Waals surface area (Å²) in [5, 5.41) is 2.82. The highest BCUT2D eigenvalue weighted by atomic mass is 16.2. The van der Waals surface area contributed by atoms with Crippen molar-refractivity contribution < 1.29 is 14.4 Å². The Hall–Kier alpha value is -2.95. The third kappa shape index (κ3) is 5.28. The van der Waals surface area contributed by atoms with Gasteiger partial charge in [-0.05, 0) is 32.9 Å². The van der Waals surface area contributed by atoms with E-state index in [0.29, 0.717) is 16.7 Å². The van der Waals surface area contributed by atoms with Crippen LogP contribution in [0.25, 0.3) is 0 Å². The molecule has 0 radical (unpaired) electrons. The van der Waals surface area contributed by atoms with Gasteiger partial charge in [-0.15, -0.1) is 0 Å². The van der Waals surface area contributed by atoms with Gasteiger partial charge in [0.15, 0.2) is 5.78 Å². The van der Waals surface area contributed by atoms with Gasteiger partial charge < -0.3 is 10.2 Å². The molecule has 5 heteroatoms. The fourth-order valence-electron chi connectivity index (χ4n) is 2.49. The van der Waals surface area contributed by atoms with E-state index in [4.69, 9.17) is 0 Å². The second kappa shape index (κ2) is 7.95. The lowest BCUT2D eigenvalue weighted by molar-refractivity contribution is -0.122. The lowest BCUT2D eigenvalue weighted by atomic mass is 10.0. The maximum atomic E-state index is 12.5. The molecule has 0 bridgehead atoms. The number of ketones is 1. The van der Waals surface area contributed by atoms with E-state index in [1.807, 2.05) is 39.0 Å². The first kappa shape index (κ1) is 19.4. The van der Waals surface area contributed by atoms with Crippen LogP contribution in [0, 0.1) is 0 Å². The van der Waals surface area contributed by atoms with Crippen LogP contribution in [0.1, 0.15) is 47.1 Å². The molecule has 2 rings (SSSR count). The van der Waals surface area contributed by atoms with E-state index in [0.717, 1.165) is 0 Å². The quantitative estimate of drug-likeness (QED) is 0.842. The molecule has 0 saturated carbocycles. The predicted molar refractivity (Wildman–Crippen MR) is 101 cm³/mol. The summed E-state index contributed by atoms with van der Waals surface area (Å²) >= 11 is 0. The second-order valence-corrected chi connectivity index (χ2v) is 7.23. The van der Waals surface area contributed by atoms with E-state index < -0.39 is 0 Å². The van der Waals surface area contributed by atoms with Crippen molar-refractivity contribution >= 4 is 17.6 Å². The Morgan fingerprint density at radius 2 is 1.35 bits per heavy atom. The molecule has 0 unspecified atom stereocenters. The molecule has 26 heavy (non-hydrogen) atoms. The largest absolute Gasteiger partial charge is 0.350 e. The summed E-state index contributed by atoms with van der Waals surface area (Å²) in [6, 6.07) is 15.5.